The van der Waals surface area contributed by atoms with Crippen molar-refractivity contribution < 1.29 is 14.3 Å². The van der Waals surface area contributed by atoms with Crippen LogP contribution in [0.25, 0.3) is 0 Å². The van der Waals surface area contributed by atoms with Gasteiger partial charge in [0.05, 0.1) is 0 Å². The number of hydrogen-bond acceptors (Lipinski definition) is 4. The second-order valence-electron chi connectivity index (χ2n) is 1.30. The van der Waals surface area contributed by atoms with Gasteiger partial charge in [0, 0.05) is 0 Å². The van der Waals surface area contributed by atoms with Gasteiger partial charge >= 0.3 is 6.16 Å². The molecule has 1 rings (SSSR count). The van der Waals surface area contributed by atoms with Gasteiger partial charge in [0.15, 0.2) is 0 Å². The molecule has 0 radical (unpaired) electrons. The molecule has 8 heavy (non-hydrogen) atoms. The Morgan fingerprint density at radius 2 is 2.62 bits per heavy atom. The van der Waals surface area contributed by atoms with Crippen LogP contribution < -0.4 is 0 Å². The standard InChI is InChI=1S/C4H3NO3/c5-1-3-2-7-4(6)8-3/h3H,2H2. The summed E-state index contributed by atoms with van der Waals surface area (Å²) in [6, 6.07) is 1.73. The van der Waals surface area contributed by atoms with Crippen LogP contribution >= 0.6 is 0 Å². The van der Waals surface area contributed by atoms with Crippen molar-refractivity contribution in [1.82, 2.24) is 0 Å². The molecular weight excluding hydrogens is 110 g/mol. The Hall–Kier alpha value is -1.24. The summed E-state index contributed by atoms with van der Waals surface area (Å²) < 4.78 is 8.56. The van der Waals surface area contributed by atoms with E-state index in [1.165, 1.54) is 0 Å². The lowest BCUT2D eigenvalue weighted by molar-refractivity contribution is 0.126. The SMILES string of the molecule is N#CC1COC(=O)O1. The first-order valence-electron chi connectivity index (χ1n) is 2.06. The maximum atomic E-state index is 10.0. The third-order valence-electron chi connectivity index (χ3n) is 0.735. The second kappa shape index (κ2) is 1.70. The highest BCUT2D eigenvalue weighted by atomic mass is 16.8. The maximum Gasteiger partial charge on any atom is 0.509 e. The van der Waals surface area contributed by atoms with E-state index in [0.717, 1.165) is 0 Å². The molecule has 0 spiro atoms. The van der Waals surface area contributed by atoms with E-state index >= 15 is 0 Å². The number of nitriles is 1. The van der Waals surface area contributed by atoms with E-state index in [0.29, 0.717) is 0 Å². The third-order valence-corrected chi connectivity index (χ3v) is 0.735. The topological polar surface area (TPSA) is 59.3 Å². The van der Waals surface area contributed by atoms with Crippen LogP contribution in [0.3, 0.4) is 0 Å². The highest BCUT2D eigenvalue weighted by molar-refractivity contribution is 5.62. The molecule has 0 saturated carbocycles. The number of cyclic esters (lactones) is 2. The molecule has 1 atom stereocenters. The molecule has 1 fully saturated rings. The summed E-state index contributed by atoms with van der Waals surface area (Å²) in [5, 5.41) is 8.08. The van der Waals surface area contributed by atoms with Crippen LogP contribution in [0.4, 0.5) is 4.79 Å². The number of carbonyl (C=O) groups is 1. The van der Waals surface area contributed by atoms with Crippen molar-refractivity contribution in [3.63, 3.8) is 0 Å². The minimum Gasteiger partial charge on any atom is -0.429 e. The van der Waals surface area contributed by atoms with Crippen LogP contribution in [-0.2, 0) is 9.47 Å². The summed E-state index contributed by atoms with van der Waals surface area (Å²) in [5.41, 5.74) is 0. The Balaban J connectivity index is 2.47. The number of ether oxygens (including phenoxy) is 2. The molecule has 0 aliphatic carbocycles. The Bertz CT molecular complexity index is 148. The lowest BCUT2D eigenvalue weighted by Crippen LogP contribution is -2.04. The smallest absolute Gasteiger partial charge is 0.429 e. The van der Waals surface area contributed by atoms with Gasteiger partial charge in [0.1, 0.15) is 12.7 Å². The molecule has 4 nitrogen and oxygen atoms in total. The van der Waals surface area contributed by atoms with E-state index in [4.69, 9.17) is 5.26 Å². The Kier molecular flexibility index (Phi) is 1.04. The molecule has 0 N–H and O–H groups in total. The summed E-state index contributed by atoms with van der Waals surface area (Å²) in [6.07, 6.45) is -1.45. The average Bonchev–Trinajstić information content (AvgIpc) is 2.14. The van der Waals surface area contributed by atoms with Crippen molar-refractivity contribution in [2.45, 2.75) is 6.10 Å². The van der Waals surface area contributed by atoms with Crippen molar-refractivity contribution in [1.29, 1.82) is 5.26 Å². The fourth-order valence-electron chi connectivity index (χ4n) is 0.392. The van der Waals surface area contributed by atoms with E-state index in [9.17, 15) is 4.79 Å². The van der Waals surface area contributed by atoms with Crippen molar-refractivity contribution in [2.75, 3.05) is 6.61 Å². The van der Waals surface area contributed by atoms with Crippen LogP contribution in [0.15, 0.2) is 0 Å². The zero-order valence-electron chi connectivity index (χ0n) is 3.96. The van der Waals surface area contributed by atoms with Gasteiger partial charge in [-0.1, -0.05) is 0 Å². The molecule has 4 heteroatoms. The van der Waals surface area contributed by atoms with Crippen LogP contribution in [0.5, 0.6) is 0 Å². The zero-order valence-corrected chi connectivity index (χ0v) is 3.96. The van der Waals surface area contributed by atoms with E-state index in [1.807, 2.05) is 0 Å². The summed E-state index contributed by atoms with van der Waals surface area (Å²) >= 11 is 0. The van der Waals surface area contributed by atoms with Crippen molar-refractivity contribution in [3.05, 3.63) is 0 Å². The monoisotopic (exact) mass is 113 g/mol. The Morgan fingerprint density at radius 1 is 1.88 bits per heavy atom. The second-order valence-corrected chi connectivity index (χ2v) is 1.30. The normalized spacial score (nSPS) is 25.9. The highest BCUT2D eigenvalue weighted by Crippen LogP contribution is 2.03. The first-order valence-corrected chi connectivity index (χ1v) is 2.06. The van der Waals surface area contributed by atoms with Crippen molar-refractivity contribution >= 4 is 6.16 Å². The van der Waals surface area contributed by atoms with E-state index in [2.05, 4.69) is 9.47 Å². The van der Waals surface area contributed by atoms with Gasteiger partial charge in [-0.15, -0.1) is 0 Å². The lowest BCUT2D eigenvalue weighted by Gasteiger charge is -1.86. The maximum absolute atomic E-state index is 10.0. The van der Waals surface area contributed by atoms with Gasteiger partial charge in [0.25, 0.3) is 0 Å². The van der Waals surface area contributed by atoms with Gasteiger partial charge in [-0.05, 0) is 0 Å². The molecule has 1 aliphatic heterocycles. The predicted molar refractivity (Wildman–Crippen MR) is 21.8 cm³/mol. The molecule has 1 unspecified atom stereocenters. The van der Waals surface area contributed by atoms with Gasteiger partial charge in [0.2, 0.25) is 6.10 Å². The minimum atomic E-state index is -0.753. The van der Waals surface area contributed by atoms with E-state index in [-0.39, 0.29) is 6.61 Å². The molecule has 0 amide bonds. The number of hydrogen-bond donors (Lipinski definition) is 0. The highest BCUT2D eigenvalue weighted by Gasteiger charge is 2.23. The van der Waals surface area contributed by atoms with E-state index in [1.54, 1.807) is 6.07 Å². The number of nitrogens with zero attached hydrogens (tertiary/aromatic N) is 1. The first-order chi connectivity index (χ1) is 3.83. The molecule has 1 heterocycles. The van der Waals surface area contributed by atoms with Crippen LogP contribution in [-0.4, -0.2) is 18.9 Å². The van der Waals surface area contributed by atoms with Crippen LogP contribution in [0.2, 0.25) is 0 Å². The average molecular weight is 113 g/mol. The first kappa shape index (κ1) is 4.91. The Labute approximate surface area is 45.6 Å². The number of rotatable bonds is 0. The predicted octanol–water partition coefficient (Wildman–Crippen LogP) is 0.0454. The summed E-state index contributed by atoms with van der Waals surface area (Å²) in [6.45, 7) is 0.0648. The molecule has 0 aromatic heterocycles. The van der Waals surface area contributed by atoms with Gasteiger partial charge < -0.3 is 9.47 Å². The van der Waals surface area contributed by atoms with Crippen molar-refractivity contribution in [3.8, 4) is 6.07 Å². The third kappa shape index (κ3) is 0.706. The fourth-order valence-corrected chi connectivity index (χ4v) is 0.392. The Morgan fingerprint density at radius 3 is 2.88 bits per heavy atom. The molecule has 0 aromatic rings. The van der Waals surface area contributed by atoms with Crippen LogP contribution in [0, 0.1) is 11.3 Å². The van der Waals surface area contributed by atoms with Gasteiger partial charge in [-0.25, -0.2) is 4.79 Å². The summed E-state index contributed by atoms with van der Waals surface area (Å²) in [5.74, 6) is 0. The van der Waals surface area contributed by atoms with Crippen molar-refractivity contribution in [2.24, 2.45) is 0 Å². The molecule has 1 saturated heterocycles. The van der Waals surface area contributed by atoms with Gasteiger partial charge in [-0.2, -0.15) is 5.26 Å². The lowest BCUT2D eigenvalue weighted by atomic mass is 10.4. The molecular formula is C4H3NO3. The number of carbonyl (C=O) groups excluding carboxylic acids is 1. The largest absolute Gasteiger partial charge is 0.509 e. The van der Waals surface area contributed by atoms with Gasteiger partial charge in [-0.3, -0.25) is 0 Å². The quantitative estimate of drug-likeness (QED) is 0.416. The summed E-state index contributed by atoms with van der Waals surface area (Å²) in [7, 11) is 0. The fraction of sp³-hybridized carbons (Fsp3) is 0.500. The molecule has 0 bridgehead atoms. The minimum absolute atomic E-state index is 0.0648. The zero-order chi connectivity index (χ0) is 5.98. The van der Waals surface area contributed by atoms with Crippen LogP contribution in [0.1, 0.15) is 0 Å². The van der Waals surface area contributed by atoms with E-state index < -0.39 is 12.3 Å². The molecule has 0 aromatic carbocycles. The summed E-state index contributed by atoms with van der Waals surface area (Å²) in [4.78, 5) is 10.0. The molecule has 42 valence electrons. The molecule has 1 aliphatic rings.